The van der Waals surface area contributed by atoms with Crippen LogP contribution in [-0.2, 0) is 15.5 Å². The number of benzene rings is 1. The molecule has 0 radical (unpaired) electrons. The molecule has 0 bridgehead atoms. The van der Waals surface area contributed by atoms with Gasteiger partial charge in [0.2, 0.25) is 5.95 Å². The Bertz CT molecular complexity index is 1290. The van der Waals surface area contributed by atoms with Crippen LogP contribution in [0.5, 0.6) is 5.75 Å². The molecule has 2 aliphatic rings. The summed E-state index contributed by atoms with van der Waals surface area (Å²) >= 11 is 6.43. The number of likely N-dealkylation sites (tertiary alicyclic amines) is 1. The quantitative estimate of drug-likeness (QED) is 0.273. The fraction of sp³-hybridized carbons (Fsp3) is 0.552. The molecule has 1 saturated carbocycles. The molecule has 2 aromatic rings. The van der Waals surface area contributed by atoms with E-state index in [0.717, 1.165) is 63.4 Å². The summed E-state index contributed by atoms with van der Waals surface area (Å²) in [6.07, 6.45) is 7.58. The summed E-state index contributed by atoms with van der Waals surface area (Å²) in [6, 6.07) is 4.31. The van der Waals surface area contributed by atoms with E-state index in [1.165, 1.54) is 23.5 Å². The first-order chi connectivity index (χ1) is 19.7. The Balaban J connectivity index is 1.57. The third kappa shape index (κ3) is 8.41. The van der Waals surface area contributed by atoms with E-state index in [1.807, 2.05) is 13.8 Å². The number of allylic oxidation sites excluding steroid dienone is 1. The summed E-state index contributed by atoms with van der Waals surface area (Å²) in [5.74, 6) is 1.95. The Kier molecular flexibility index (Phi) is 11.0. The van der Waals surface area contributed by atoms with Gasteiger partial charge in [0.1, 0.15) is 15.8 Å². The van der Waals surface area contributed by atoms with Gasteiger partial charge in [-0.2, -0.15) is 4.98 Å². The number of aryl methyl sites for hydroxylation is 1. The van der Waals surface area contributed by atoms with Gasteiger partial charge in [-0.25, -0.2) is 4.98 Å². The number of piperidine rings is 1. The first-order valence-electron chi connectivity index (χ1n) is 14.1. The molecular formula is C29H42ClN7O3S. The molecule has 1 aromatic heterocycles. The molecule has 41 heavy (non-hydrogen) atoms. The monoisotopic (exact) mass is 603 g/mol. The second-order valence-electron chi connectivity index (χ2n) is 10.8. The van der Waals surface area contributed by atoms with Crippen LogP contribution in [0.25, 0.3) is 0 Å². The molecule has 1 saturated heterocycles. The molecule has 2 heterocycles. The van der Waals surface area contributed by atoms with Crippen LogP contribution in [0.3, 0.4) is 0 Å². The zero-order valence-electron chi connectivity index (χ0n) is 24.6. The molecule has 10 nitrogen and oxygen atoms in total. The summed E-state index contributed by atoms with van der Waals surface area (Å²) in [6.45, 7) is 9.69. The SMILES string of the molecule is CN=CC(Nc1nc(Nc2cc(C)c(C3CCN(CCOC)CC3)cc2OC2CC2)ncc1Cl)=C(N)S(=O)C(C)C. The van der Waals surface area contributed by atoms with Crippen LogP contribution >= 0.6 is 11.6 Å². The van der Waals surface area contributed by atoms with Crippen LogP contribution in [0.1, 0.15) is 56.6 Å². The van der Waals surface area contributed by atoms with Crippen LogP contribution in [0, 0.1) is 6.92 Å². The van der Waals surface area contributed by atoms with Crippen molar-refractivity contribution in [1.82, 2.24) is 14.9 Å². The van der Waals surface area contributed by atoms with Crippen molar-refractivity contribution in [2.75, 3.05) is 51.0 Å². The van der Waals surface area contributed by atoms with Crippen LogP contribution in [0.15, 0.2) is 34.0 Å². The summed E-state index contributed by atoms with van der Waals surface area (Å²) < 4.78 is 24.2. The van der Waals surface area contributed by atoms with Crippen LogP contribution in [0.4, 0.5) is 17.5 Å². The maximum atomic E-state index is 12.6. The predicted molar refractivity (Wildman–Crippen MR) is 168 cm³/mol. The maximum Gasteiger partial charge on any atom is 0.229 e. The van der Waals surface area contributed by atoms with Crippen molar-refractivity contribution in [3.8, 4) is 5.75 Å². The Morgan fingerprint density at radius 1 is 1.29 bits per heavy atom. The van der Waals surface area contributed by atoms with Crippen LogP contribution in [0.2, 0.25) is 5.02 Å². The summed E-state index contributed by atoms with van der Waals surface area (Å²) in [7, 11) is 1.96. The number of nitrogens with zero attached hydrogens (tertiary/aromatic N) is 4. The largest absolute Gasteiger partial charge is 0.488 e. The highest BCUT2D eigenvalue weighted by atomic mass is 35.5. The molecule has 1 atom stereocenters. The highest BCUT2D eigenvalue weighted by molar-refractivity contribution is 7.89. The smallest absolute Gasteiger partial charge is 0.229 e. The Morgan fingerprint density at radius 3 is 2.66 bits per heavy atom. The fourth-order valence-corrected chi connectivity index (χ4v) is 5.77. The topological polar surface area (TPSA) is 127 Å². The summed E-state index contributed by atoms with van der Waals surface area (Å²) in [4.78, 5) is 15.5. The number of aliphatic imine (C=N–C) groups is 1. The van der Waals surface area contributed by atoms with Gasteiger partial charge < -0.3 is 30.7 Å². The maximum absolute atomic E-state index is 12.6. The molecule has 1 aliphatic carbocycles. The number of ether oxygens (including phenoxy) is 2. The van der Waals surface area contributed by atoms with E-state index in [4.69, 9.17) is 26.8 Å². The molecule has 224 valence electrons. The number of nitrogens with two attached hydrogens (primary N) is 1. The highest BCUT2D eigenvalue weighted by Gasteiger charge is 2.27. The van der Waals surface area contributed by atoms with Gasteiger partial charge in [0.05, 0.1) is 41.1 Å². The van der Waals surface area contributed by atoms with Crippen molar-refractivity contribution in [2.24, 2.45) is 10.7 Å². The van der Waals surface area contributed by atoms with Gasteiger partial charge in [-0.3, -0.25) is 9.20 Å². The number of rotatable bonds is 13. The van der Waals surface area contributed by atoms with Crippen LogP contribution in [-0.4, -0.2) is 77.0 Å². The number of anilines is 3. The first-order valence-corrected chi connectivity index (χ1v) is 15.7. The molecule has 1 unspecified atom stereocenters. The zero-order chi connectivity index (χ0) is 29.5. The van der Waals surface area contributed by atoms with Crippen molar-refractivity contribution in [2.45, 2.75) is 63.7 Å². The van der Waals surface area contributed by atoms with Gasteiger partial charge >= 0.3 is 0 Å². The van der Waals surface area contributed by atoms with Crippen LogP contribution < -0.4 is 21.1 Å². The standard InChI is InChI=1S/C29H42ClN7O3S/c1-18(2)41(38)27(31)25(17-32-4)34-28-23(30)16-33-29(36-28)35-24-14-19(3)22(15-26(24)40-21-6-7-21)20-8-10-37(11-9-20)12-13-39-5/h14-18,20-21H,6-13,31H2,1-5H3,(H2,33,34,35,36). The Morgan fingerprint density at radius 2 is 2.02 bits per heavy atom. The van der Waals surface area contributed by atoms with E-state index >= 15 is 0 Å². The van der Waals surface area contributed by atoms with Crippen molar-refractivity contribution >= 4 is 46.1 Å². The lowest BCUT2D eigenvalue weighted by molar-refractivity contribution is 0.130. The van der Waals surface area contributed by atoms with Gasteiger partial charge in [0.15, 0.2) is 5.82 Å². The highest BCUT2D eigenvalue weighted by Crippen LogP contribution is 2.40. The first kappa shape index (κ1) is 31.2. The van der Waals surface area contributed by atoms with Gasteiger partial charge in [0, 0.05) is 32.2 Å². The van der Waals surface area contributed by atoms with Crippen molar-refractivity contribution in [3.05, 3.63) is 45.2 Å². The third-order valence-corrected chi connectivity index (χ3v) is 9.02. The zero-order valence-corrected chi connectivity index (χ0v) is 26.1. The molecule has 0 amide bonds. The lowest BCUT2D eigenvalue weighted by Gasteiger charge is -2.33. The van der Waals surface area contributed by atoms with Gasteiger partial charge in [-0.05, 0) is 74.9 Å². The number of methoxy groups -OCH3 is 1. The molecule has 4 N–H and O–H groups in total. The van der Waals surface area contributed by atoms with Crippen molar-refractivity contribution in [3.63, 3.8) is 0 Å². The average molecular weight is 604 g/mol. The number of hydrogen-bond acceptors (Lipinski definition) is 10. The number of aromatic nitrogens is 2. The van der Waals surface area contributed by atoms with Gasteiger partial charge in [-0.15, -0.1) is 0 Å². The van der Waals surface area contributed by atoms with E-state index in [-0.39, 0.29) is 16.4 Å². The molecule has 12 heteroatoms. The molecule has 1 aromatic carbocycles. The second-order valence-corrected chi connectivity index (χ2v) is 13.2. The molecular weight excluding hydrogens is 562 g/mol. The minimum absolute atomic E-state index is 0.158. The predicted octanol–water partition coefficient (Wildman–Crippen LogP) is 4.95. The summed E-state index contributed by atoms with van der Waals surface area (Å²) in [5, 5.41) is 6.74. The van der Waals surface area contributed by atoms with E-state index in [1.54, 1.807) is 14.2 Å². The van der Waals surface area contributed by atoms with E-state index in [9.17, 15) is 4.21 Å². The molecule has 0 spiro atoms. The molecule has 2 fully saturated rings. The van der Waals surface area contributed by atoms with Crippen molar-refractivity contribution < 1.29 is 13.7 Å². The average Bonchev–Trinajstić information content (AvgIpc) is 3.78. The van der Waals surface area contributed by atoms with E-state index < -0.39 is 10.8 Å². The Hall–Kier alpha value is -2.73. The lowest BCUT2D eigenvalue weighted by Crippen LogP contribution is -2.35. The molecule has 1 aliphatic heterocycles. The third-order valence-electron chi connectivity index (χ3n) is 7.24. The lowest BCUT2D eigenvalue weighted by atomic mass is 9.86. The van der Waals surface area contributed by atoms with E-state index in [2.05, 4.69) is 49.6 Å². The number of nitrogens with one attached hydrogen (secondary N) is 2. The number of hydrogen-bond donors (Lipinski definition) is 3. The van der Waals surface area contributed by atoms with Gasteiger partial charge in [-0.1, -0.05) is 25.4 Å². The molecule has 4 rings (SSSR count). The van der Waals surface area contributed by atoms with Crippen molar-refractivity contribution in [1.29, 1.82) is 0 Å². The minimum atomic E-state index is -1.40. The fourth-order valence-electron chi connectivity index (χ4n) is 4.80. The van der Waals surface area contributed by atoms with Gasteiger partial charge in [0.25, 0.3) is 0 Å². The normalized spacial score (nSPS) is 18.0. The Labute approximate surface area is 250 Å². The summed E-state index contributed by atoms with van der Waals surface area (Å²) in [5.41, 5.74) is 9.91. The second kappa shape index (κ2) is 14.4. The minimum Gasteiger partial charge on any atom is -0.488 e. The van der Waals surface area contributed by atoms with E-state index in [0.29, 0.717) is 28.4 Å². The number of halogens is 1.